The largest absolute Gasteiger partial charge is 0.317 e. The second-order valence-corrected chi connectivity index (χ2v) is 13.8. The summed E-state index contributed by atoms with van der Waals surface area (Å²) in [5.74, 6) is 0.358. The molecule has 2 nitrogen and oxygen atoms in total. The van der Waals surface area contributed by atoms with Crippen molar-refractivity contribution in [2.24, 2.45) is 0 Å². The molecule has 5 aromatic rings. The highest BCUT2D eigenvalue weighted by molar-refractivity contribution is 5.88. The molecule has 1 heterocycles. The van der Waals surface area contributed by atoms with E-state index in [1.165, 1.54) is 66.8 Å². The molecule has 2 heteroatoms. The molecular weight excluding hydrogens is 641 g/mol. The lowest BCUT2D eigenvalue weighted by molar-refractivity contribution is 0.755. The molecule has 53 heavy (non-hydrogen) atoms. The van der Waals surface area contributed by atoms with Gasteiger partial charge in [0.05, 0.1) is 11.1 Å². The van der Waals surface area contributed by atoms with Gasteiger partial charge in [0.25, 0.3) is 0 Å². The summed E-state index contributed by atoms with van der Waals surface area (Å²) in [5, 5.41) is 5.50. The van der Waals surface area contributed by atoms with Gasteiger partial charge in [0.2, 0.25) is 0 Å². The summed E-state index contributed by atoms with van der Waals surface area (Å²) in [5.41, 5.74) is 16.2. The van der Waals surface area contributed by atoms with Crippen LogP contribution in [0, 0.1) is 5.41 Å². The van der Waals surface area contributed by atoms with E-state index in [0.29, 0.717) is 5.92 Å². The monoisotopic (exact) mass is 682 g/mol. The Balaban J connectivity index is 0.00000197. The average Bonchev–Trinajstić information content (AvgIpc) is 3.51. The predicted octanol–water partition coefficient (Wildman–Crippen LogP) is 12.7. The zero-order chi connectivity index (χ0) is 36.0. The van der Waals surface area contributed by atoms with Crippen LogP contribution in [-0.4, -0.2) is 11.7 Å². The van der Waals surface area contributed by atoms with E-state index < -0.39 is 5.41 Å². The molecule has 0 fully saturated rings. The Bertz CT molecular complexity index is 2320. The van der Waals surface area contributed by atoms with Gasteiger partial charge in [0.1, 0.15) is 0 Å². The van der Waals surface area contributed by atoms with Crippen molar-refractivity contribution in [1.29, 1.82) is 5.41 Å². The maximum Gasteiger partial charge on any atom is 0.0753 e. The smallest absolute Gasteiger partial charge is 0.0753 e. The van der Waals surface area contributed by atoms with Crippen molar-refractivity contribution >= 4 is 12.3 Å². The van der Waals surface area contributed by atoms with Gasteiger partial charge in [0, 0.05) is 17.7 Å². The highest BCUT2D eigenvalue weighted by Crippen LogP contribution is 2.57. The molecule has 4 aliphatic rings. The fourth-order valence-corrected chi connectivity index (χ4v) is 8.52. The van der Waals surface area contributed by atoms with E-state index in [-0.39, 0.29) is 0 Å². The minimum absolute atomic E-state index is 0.358. The van der Waals surface area contributed by atoms with Crippen LogP contribution in [0.5, 0.6) is 0 Å². The molecule has 1 spiro atoms. The molecule has 1 N–H and O–H groups in total. The lowest BCUT2D eigenvalue weighted by Crippen LogP contribution is -2.30. The Morgan fingerprint density at radius 3 is 1.89 bits per heavy atom. The third-order valence-corrected chi connectivity index (χ3v) is 11.0. The third kappa shape index (κ3) is 6.27. The van der Waals surface area contributed by atoms with Crippen LogP contribution < -0.4 is 0 Å². The van der Waals surface area contributed by atoms with Gasteiger partial charge in [-0.3, -0.25) is 4.98 Å². The number of benzene rings is 4. The molecule has 0 saturated heterocycles. The van der Waals surface area contributed by atoms with Crippen LogP contribution in [0.3, 0.4) is 0 Å². The molecule has 4 aliphatic carbocycles. The fraction of sp³-hybridized carbons (Fsp3) is 0.0980. The molecule has 0 aliphatic heterocycles. The standard InChI is InChI=1S/C50H39N.CH3N/c1-5-15-38(16-6-1)46(39-17-7-2-8-18-39)33-36-26-28-37(29-27-36)40-19-13-20-41(34-40)42-30-31-45-48(35-42)50(47-25-14-32-51-49(45)47)43-21-9-3-10-22-44(50)24-12-4-11-23-43;1-2/h1-26,28,30-32,34-35,46H,27,29,33H2;2H,1H2/b9-3-,10-3?,11-4?,12-4-,21-9?,22-10-,23-11-,24-12?,43-21-,43-23?,44-22?,44-24-;. The number of nitrogens with zero attached hydrogens (tertiary/aromatic N) is 1. The first-order valence-corrected chi connectivity index (χ1v) is 18.4. The van der Waals surface area contributed by atoms with Gasteiger partial charge >= 0.3 is 0 Å². The number of aromatic nitrogens is 1. The molecular formula is C51H42N2. The van der Waals surface area contributed by atoms with Gasteiger partial charge in [-0.25, -0.2) is 0 Å². The van der Waals surface area contributed by atoms with E-state index in [1.54, 1.807) is 0 Å². The number of pyridine rings is 1. The molecule has 256 valence electrons. The number of fused-ring (bicyclic) bond motifs is 3. The van der Waals surface area contributed by atoms with Gasteiger partial charge in [-0.15, -0.1) is 0 Å². The number of nitrogens with one attached hydrogen (secondary N) is 1. The van der Waals surface area contributed by atoms with Crippen molar-refractivity contribution in [3.05, 3.63) is 239 Å². The number of hydrogen-bond donors (Lipinski definition) is 1. The Labute approximate surface area is 313 Å². The molecule has 0 saturated carbocycles. The van der Waals surface area contributed by atoms with Crippen molar-refractivity contribution in [3.8, 4) is 22.4 Å². The summed E-state index contributed by atoms with van der Waals surface area (Å²) < 4.78 is 0. The lowest BCUT2D eigenvalue weighted by Gasteiger charge is -2.36. The maximum atomic E-state index is 5.50. The van der Waals surface area contributed by atoms with E-state index in [2.05, 4.69) is 195 Å². The first-order valence-electron chi connectivity index (χ1n) is 18.4. The minimum Gasteiger partial charge on any atom is -0.317 e. The van der Waals surface area contributed by atoms with Crippen molar-refractivity contribution in [2.45, 2.75) is 30.6 Å². The van der Waals surface area contributed by atoms with Crippen LogP contribution in [-0.2, 0) is 5.41 Å². The van der Waals surface area contributed by atoms with Crippen molar-refractivity contribution in [1.82, 2.24) is 4.98 Å². The van der Waals surface area contributed by atoms with Gasteiger partial charge in [-0.2, -0.15) is 0 Å². The van der Waals surface area contributed by atoms with Gasteiger partial charge in [0.15, 0.2) is 0 Å². The van der Waals surface area contributed by atoms with Crippen molar-refractivity contribution in [2.75, 3.05) is 0 Å². The Kier molecular flexibility index (Phi) is 9.60. The number of rotatable bonds is 6. The Morgan fingerprint density at radius 2 is 1.23 bits per heavy atom. The maximum absolute atomic E-state index is 5.50. The summed E-state index contributed by atoms with van der Waals surface area (Å²) >= 11 is 0. The highest BCUT2D eigenvalue weighted by atomic mass is 14.7. The second kappa shape index (κ2) is 15.1. The zero-order valence-electron chi connectivity index (χ0n) is 29.8. The SMILES string of the molecule is C1=C(CC(c2ccccc2)c2ccccc2)CCC(c2cccc(-c3ccc4c(c3)C3(C5=C\C=C/C=C\C3=C\C=C/C=C\5)c3cccnc3-4)c2)=C1.C=N. The topological polar surface area (TPSA) is 36.7 Å². The molecule has 1 aromatic heterocycles. The van der Waals surface area contributed by atoms with Crippen LogP contribution in [0.15, 0.2) is 211 Å². The van der Waals surface area contributed by atoms with Crippen LogP contribution in [0.1, 0.15) is 53.0 Å². The van der Waals surface area contributed by atoms with Gasteiger partial charge in [-0.1, -0.05) is 176 Å². The fourth-order valence-electron chi connectivity index (χ4n) is 8.52. The molecule has 2 bridgehead atoms. The molecule has 0 radical (unpaired) electrons. The minimum atomic E-state index is -0.459. The van der Waals surface area contributed by atoms with Crippen molar-refractivity contribution < 1.29 is 0 Å². The Hall–Kier alpha value is -6.38. The first kappa shape index (κ1) is 33.7. The van der Waals surface area contributed by atoms with E-state index >= 15 is 0 Å². The van der Waals surface area contributed by atoms with Crippen LogP contribution in [0.4, 0.5) is 0 Å². The second-order valence-electron chi connectivity index (χ2n) is 13.8. The summed E-state index contributed by atoms with van der Waals surface area (Å²) in [6, 6.07) is 42.4. The molecule has 9 rings (SSSR count). The van der Waals surface area contributed by atoms with E-state index in [9.17, 15) is 0 Å². The lowest BCUT2D eigenvalue weighted by atomic mass is 9.65. The quantitative estimate of drug-likeness (QED) is 0.178. The third-order valence-electron chi connectivity index (χ3n) is 11.0. The van der Waals surface area contributed by atoms with E-state index in [0.717, 1.165) is 25.0 Å². The summed E-state index contributed by atoms with van der Waals surface area (Å²) in [6.07, 6.45) is 31.8. The highest BCUT2D eigenvalue weighted by Gasteiger charge is 2.48. The van der Waals surface area contributed by atoms with Crippen LogP contribution in [0.2, 0.25) is 0 Å². The summed E-state index contributed by atoms with van der Waals surface area (Å²) in [6.45, 7) is 2.50. The van der Waals surface area contributed by atoms with Gasteiger partial charge in [-0.05, 0) is 99.8 Å². The van der Waals surface area contributed by atoms with Gasteiger partial charge < -0.3 is 5.41 Å². The molecule has 0 unspecified atom stereocenters. The van der Waals surface area contributed by atoms with Crippen LogP contribution >= 0.6 is 0 Å². The summed E-state index contributed by atoms with van der Waals surface area (Å²) in [7, 11) is 0. The molecule has 0 amide bonds. The Morgan fingerprint density at radius 1 is 0.566 bits per heavy atom. The van der Waals surface area contributed by atoms with Crippen LogP contribution in [0.25, 0.3) is 28.0 Å². The molecule has 0 atom stereocenters. The first-order chi connectivity index (χ1) is 26.3. The zero-order valence-corrected chi connectivity index (χ0v) is 29.8. The van der Waals surface area contributed by atoms with E-state index in [1.807, 2.05) is 6.20 Å². The predicted molar refractivity (Wildman–Crippen MR) is 223 cm³/mol. The number of hydrogen-bond acceptors (Lipinski definition) is 2. The molecule has 4 aromatic carbocycles. The van der Waals surface area contributed by atoms with E-state index in [4.69, 9.17) is 10.4 Å². The average molecular weight is 683 g/mol. The van der Waals surface area contributed by atoms with Crippen molar-refractivity contribution in [3.63, 3.8) is 0 Å². The number of allylic oxidation sites excluding steroid dienone is 16. The summed E-state index contributed by atoms with van der Waals surface area (Å²) in [4.78, 5) is 4.97. The normalized spacial score (nSPS) is 22.3.